The van der Waals surface area contributed by atoms with E-state index in [2.05, 4.69) is 30.8 Å². The molecule has 0 saturated heterocycles. The molecule has 0 radical (unpaired) electrons. The second kappa shape index (κ2) is 5.83. The summed E-state index contributed by atoms with van der Waals surface area (Å²) in [6.07, 6.45) is 3.52. The molecule has 0 bridgehead atoms. The van der Waals surface area contributed by atoms with Crippen molar-refractivity contribution in [3.8, 4) is 0 Å². The Kier molecular flexibility index (Phi) is 4.35. The van der Waals surface area contributed by atoms with Crippen LogP contribution < -0.4 is 0 Å². The summed E-state index contributed by atoms with van der Waals surface area (Å²) in [5.74, 6) is -0.165. The Bertz CT molecular complexity index is 458. The van der Waals surface area contributed by atoms with Gasteiger partial charge in [0.1, 0.15) is 0 Å². The fourth-order valence-corrected chi connectivity index (χ4v) is 3.90. The fraction of sp³-hybridized carbons (Fsp3) is 0.438. The maximum Gasteiger partial charge on any atom is 0.315 e. The molecule has 0 N–H and O–H groups in total. The largest absolute Gasteiger partial charge is 0.465 e. The van der Waals surface area contributed by atoms with Crippen molar-refractivity contribution in [2.45, 2.75) is 36.8 Å². The lowest BCUT2D eigenvalue weighted by molar-refractivity contribution is -0.151. The lowest BCUT2D eigenvalue weighted by Gasteiger charge is -2.26. The minimum absolute atomic E-state index is 0.165. The first-order valence-electron chi connectivity index (χ1n) is 6.64. The van der Waals surface area contributed by atoms with Crippen molar-refractivity contribution < 1.29 is 9.53 Å². The molecule has 1 aromatic rings. The zero-order valence-electron chi connectivity index (χ0n) is 11.5. The number of benzene rings is 1. The van der Waals surface area contributed by atoms with Crippen LogP contribution in [0.4, 0.5) is 0 Å². The summed E-state index contributed by atoms with van der Waals surface area (Å²) in [4.78, 5) is 13.4. The van der Waals surface area contributed by atoms with Gasteiger partial charge >= 0.3 is 5.97 Å². The molecule has 2 rings (SSSR count). The maximum absolute atomic E-state index is 12.1. The van der Waals surface area contributed by atoms with Crippen LogP contribution in [-0.2, 0) is 16.0 Å². The average molecular weight is 276 g/mol. The van der Waals surface area contributed by atoms with Crippen LogP contribution in [0.1, 0.15) is 25.8 Å². The van der Waals surface area contributed by atoms with Crippen molar-refractivity contribution in [2.75, 3.05) is 6.61 Å². The van der Waals surface area contributed by atoms with Gasteiger partial charge in [-0.25, -0.2) is 0 Å². The molecule has 19 heavy (non-hydrogen) atoms. The molecule has 0 fully saturated rings. The van der Waals surface area contributed by atoms with Crippen LogP contribution in [-0.4, -0.2) is 17.8 Å². The van der Waals surface area contributed by atoms with E-state index >= 15 is 0 Å². The van der Waals surface area contributed by atoms with Crippen LogP contribution in [0.15, 0.2) is 41.8 Å². The third kappa shape index (κ3) is 3.03. The summed E-state index contributed by atoms with van der Waals surface area (Å²) in [5, 5.41) is 0.421. The van der Waals surface area contributed by atoms with Gasteiger partial charge < -0.3 is 4.74 Å². The second-order valence-corrected chi connectivity index (χ2v) is 6.44. The third-order valence-electron chi connectivity index (χ3n) is 3.56. The van der Waals surface area contributed by atoms with Gasteiger partial charge in [-0.3, -0.25) is 4.79 Å². The number of ether oxygens (including phenoxy) is 1. The first-order valence-corrected chi connectivity index (χ1v) is 7.52. The number of hydrogen-bond donors (Lipinski definition) is 0. The van der Waals surface area contributed by atoms with Gasteiger partial charge in [0.25, 0.3) is 0 Å². The van der Waals surface area contributed by atoms with E-state index in [0.29, 0.717) is 11.9 Å². The van der Waals surface area contributed by atoms with Crippen molar-refractivity contribution in [3.05, 3.63) is 42.5 Å². The SMILES string of the molecule is C=CC(C)(CC1Cc2ccccc2S1)C(=O)OCC. The van der Waals surface area contributed by atoms with E-state index < -0.39 is 5.41 Å². The Morgan fingerprint density at radius 2 is 2.32 bits per heavy atom. The Hall–Kier alpha value is -1.22. The van der Waals surface area contributed by atoms with Crippen molar-refractivity contribution in [2.24, 2.45) is 5.41 Å². The molecule has 0 aromatic heterocycles. The fourth-order valence-electron chi connectivity index (χ4n) is 2.39. The van der Waals surface area contributed by atoms with Crippen LogP contribution in [0.25, 0.3) is 0 Å². The van der Waals surface area contributed by atoms with E-state index in [4.69, 9.17) is 4.74 Å². The topological polar surface area (TPSA) is 26.3 Å². The standard InChI is InChI=1S/C16H20O2S/c1-4-16(3,15(17)18-5-2)11-13-10-12-8-6-7-9-14(12)19-13/h4,6-9,13H,1,5,10-11H2,2-3H3. The van der Waals surface area contributed by atoms with Gasteiger partial charge in [-0.2, -0.15) is 0 Å². The highest BCUT2D eigenvalue weighted by Crippen LogP contribution is 2.42. The molecule has 0 saturated carbocycles. The van der Waals surface area contributed by atoms with E-state index in [-0.39, 0.29) is 5.97 Å². The monoisotopic (exact) mass is 276 g/mol. The van der Waals surface area contributed by atoms with E-state index in [1.807, 2.05) is 25.6 Å². The van der Waals surface area contributed by atoms with E-state index in [9.17, 15) is 4.79 Å². The Morgan fingerprint density at radius 3 is 2.95 bits per heavy atom. The summed E-state index contributed by atoms with van der Waals surface area (Å²) >= 11 is 1.86. The zero-order valence-corrected chi connectivity index (χ0v) is 12.3. The van der Waals surface area contributed by atoms with Gasteiger partial charge in [-0.05, 0) is 38.3 Å². The number of esters is 1. The minimum Gasteiger partial charge on any atom is -0.465 e. The van der Waals surface area contributed by atoms with E-state index in [0.717, 1.165) is 12.8 Å². The number of rotatable bonds is 5. The smallest absolute Gasteiger partial charge is 0.315 e. The highest BCUT2D eigenvalue weighted by atomic mass is 32.2. The molecule has 2 unspecified atom stereocenters. The molecular formula is C16H20O2S. The molecule has 3 heteroatoms. The molecule has 1 aromatic carbocycles. The Morgan fingerprint density at radius 1 is 1.58 bits per heavy atom. The van der Waals surface area contributed by atoms with Gasteiger partial charge in [0, 0.05) is 10.1 Å². The van der Waals surface area contributed by atoms with Crippen LogP contribution >= 0.6 is 11.8 Å². The molecule has 2 atom stereocenters. The number of carbonyl (C=O) groups is 1. The van der Waals surface area contributed by atoms with Gasteiger partial charge in [-0.15, -0.1) is 18.3 Å². The maximum atomic E-state index is 12.1. The van der Waals surface area contributed by atoms with Crippen LogP contribution in [0, 0.1) is 5.41 Å². The molecule has 1 aliphatic rings. The molecule has 0 spiro atoms. The van der Waals surface area contributed by atoms with Crippen LogP contribution in [0.5, 0.6) is 0 Å². The molecule has 2 nitrogen and oxygen atoms in total. The quantitative estimate of drug-likeness (QED) is 0.603. The Labute approximate surface area is 119 Å². The predicted octanol–water partition coefficient (Wildman–Crippen LogP) is 3.85. The van der Waals surface area contributed by atoms with Crippen LogP contribution in [0.2, 0.25) is 0 Å². The summed E-state index contributed by atoms with van der Waals surface area (Å²) in [5.41, 5.74) is 0.795. The summed E-state index contributed by atoms with van der Waals surface area (Å²) in [6.45, 7) is 7.99. The Balaban J connectivity index is 2.05. The minimum atomic E-state index is -0.588. The highest BCUT2D eigenvalue weighted by Gasteiger charge is 2.36. The third-order valence-corrected chi connectivity index (χ3v) is 4.88. The normalized spacial score (nSPS) is 20.4. The lowest BCUT2D eigenvalue weighted by atomic mass is 9.84. The number of carbonyl (C=O) groups excluding carboxylic acids is 1. The molecule has 0 amide bonds. The number of thioether (sulfide) groups is 1. The molecular weight excluding hydrogens is 256 g/mol. The van der Waals surface area contributed by atoms with Crippen molar-refractivity contribution >= 4 is 17.7 Å². The first-order chi connectivity index (χ1) is 9.09. The summed E-state index contributed by atoms with van der Waals surface area (Å²) in [7, 11) is 0. The first kappa shape index (κ1) is 14.2. The van der Waals surface area contributed by atoms with Gasteiger partial charge in [0.15, 0.2) is 0 Å². The van der Waals surface area contributed by atoms with Gasteiger partial charge in [0.05, 0.1) is 12.0 Å². The summed E-state index contributed by atoms with van der Waals surface area (Å²) < 4.78 is 5.17. The van der Waals surface area contributed by atoms with Crippen molar-refractivity contribution in [1.82, 2.24) is 0 Å². The lowest BCUT2D eigenvalue weighted by Crippen LogP contribution is -2.31. The second-order valence-electron chi connectivity index (χ2n) is 5.10. The van der Waals surface area contributed by atoms with Gasteiger partial charge in [0.2, 0.25) is 0 Å². The molecule has 102 valence electrons. The molecule has 0 aliphatic carbocycles. The van der Waals surface area contributed by atoms with Crippen molar-refractivity contribution in [1.29, 1.82) is 0 Å². The summed E-state index contributed by atoms with van der Waals surface area (Å²) in [6, 6.07) is 8.44. The highest BCUT2D eigenvalue weighted by molar-refractivity contribution is 8.00. The zero-order chi connectivity index (χ0) is 13.9. The number of fused-ring (bicyclic) bond motifs is 1. The van der Waals surface area contributed by atoms with Gasteiger partial charge in [-0.1, -0.05) is 24.3 Å². The number of hydrogen-bond acceptors (Lipinski definition) is 3. The molecule has 1 aliphatic heterocycles. The van der Waals surface area contributed by atoms with E-state index in [1.54, 1.807) is 6.08 Å². The molecule has 1 heterocycles. The van der Waals surface area contributed by atoms with Crippen LogP contribution in [0.3, 0.4) is 0 Å². The van der Waals surface area contributed by atoms with E-state index in [1.165, 1.54) is 10.5 Å². The predicted molar refractivity (Wildman–Crippen MR) is 79.3 cm³/mol. The average Bonchev–Trinajstić information content (AvgIpc) is 2.80. The van der Waals surface area contributed by atoms with Crippen molar-refractivity contribution in [3.63, 3.8) is 0 Å².